The highest BCUT2D eigenvalue weighted by Crippen LogP contribution is 2.25. The van der Waals surface area contributed by atoms with Crippen LogP contribution in [0, 0.1) is 5.82 Å². The van der Waals surface area contributed by atoms with Crippen molar-refractivity contribution in [1.82, 2.24) is 5.32 Å². The van der Waals surface area contributed by atoms with Crippen molar-refractivity contribution in [3.8, 4) is 0 Å². The largest absolute Gasteiger partial charge is 0.387 e. The Balaban J connectivity index is 0. The predicted octanol–water partition coefficient (Wildman–Crippen LogP) is 3.56. The van der Waals surface area contributed by atoms with Crippen LogP contribution in [-0.4, -0.2) is 35.9 Å². The van der Waals surface area contributed by atoms with E-state index in [1.807, 2.05) is 27.7 Å². The number of benzene rings is 1. The fourth-order valence-electron chi connectivity index (χ4n) is 1.82. The SMILES string of the molecule is CC.CC.CC(C)(NCCCS(=O)(=O)O)C(O)c1ccc(F)cc1. The first kappa shape index (κ1) is 25.2. The molecule has 0 saturated carbocycles. The Morgan fingerprint density at radius 2 is 1.58 bits per heavy atom. The molecule has 142 valence electrons. The molecule has 0 aliphatic heterocycles. The minimum Gasteiger partial charge on any atom is -0.387 e. The third-order valence-electron chi connectivity index (χ3n) is 3.03. The van der Waals surface area contributed by atoms with Gasteiger partial charge in [-0.2, -0.15) is 8.42 Å². The normalized spacial score (nSPS) is 12.4. The van der Waals surface area contributed by atoms with E-state index in [9.17, 15) is 17.9 Å². The topological polar surface area (TPSA) is 86.6 Å². The van der Waals surface area contributed by atoms with E-state index in [0.29, 0.717) is 12.1 Å². The first-order valence-corrected chi connectivity index (χ1v) is 9.86. The molecule has 0 aliphatic carbocycles. The maximum atomic E-state index is 12.8. The molecular weight excluding hydrogens is 333 g/mol. The van der Waals surface area contributed by atoms with Gasteiger partial charge in [-0.15, -0.1) is 0 Å². The molecule has 0 aromatic heterocycles. The van der Waals surface area contributed by atoms with Gasteiger partial charge in [0.2, 0.25) is 0 Å². The highest BCUT2D eigenvalue weighted by molar-refractivity contribution is 7.85. The van der Waals surface area contributed by atoms with Crippen LogP contribution in [0.3, 0.4) is 0 Å². The highest BCUT2D eigenvalue weighted by Gasteiger charge is 2.28. The molecule has 0 bridgehead atoms. The molecule has 0 heterocycles. The van der Waals surface area contributed by atoms with Crippen molar-refractivity contribution in [2.45, 2.75) is 59.6 Å². The fourth-order valence-corrected chi connectivity index (χ4v) is 2.33. The van der Waals surface area contributed by atoms with Crippen LogP contribution >= 0.6 is 0 Å². The van der Waals surface area contributed by atoms with Crippen LogP contribution in [0.1, 0.15) is 59.6 Å². The second-order valence-electron chi connectivity index (χ2n) is 5.24. The van der Waals surface area contributed by atoms with Gasteiger partial charge in [0.25, 0.3) is 10.1 Å². The molecule has 7 heteroatoms. The van der Waals surface area contributed by atoms with E-state index >= 15 is 0 Å². The van der Waals surface area contributed by atoms with Crippen LogP contribution in [0.15, 0.2) is 24.3 Å². The molecule has 1 atom stereocenters. The lowest BCUT2D eigenvalue weighted by Crippen LogP contribution is -2.45. The van der Waals surface area contributed by atoms with Crippen LogP contribution in [0.5, 0.6) is 0 Å². The number of aliphatic hydroxyl groups is 1. The van der Waals surface area contributed by atoms with E-state index in [1.54, 1.807) is 13.8 Å². The smallest absolute Gasteiger partial charge is 0.264 e. The molecule has 0 spiro atoms. The van der Waals surface area contributed by atoms with Gasteiger partial charge in [0, 0.05) is 5.54 Å². The first-order valence-electron chi connectivity index (χ1n) is 8.25. The van der Waals surface area contributed by atoms with Crippen LogP contribution < -0.4 is 5.32 Å². The molecule has 5 nitrogen and oxygen atoms in total. The molecule has 1 aromatic rings. The lowest BCUT2D eigenvalue weighted by molar-refractivity contribution is 0.0805. The summed E-state index contributed by atoms with van der Waals surface area (Å²) in [4.78, 5) is 0. The van der Waals surface area contributed by atoms with Crippen molar-refractivity contribution in [2.24, 2.45) is 0 Å². The van der Waals surface area contributed by atoms with Crippen molar-refractivity contribution in [1.29, 1.82) is 0 Å². The van der Waals surface area contributed by atoms with Crippen molar-refractivity contribution >= 4 is 10.1 Å². The zero-order chi connectivity index (χ0) is 19.4. The summed E-state index contributed by atoms with van der Waals surface area (Å²) in [6, 6.07) is 5.54. The molecule has 3 N–H and O–H groups in total. The van der Waals surface area contributed by atoms with Crippen LogP contribution in [0.25, 0.3) is 0 Å². The average molecular weight is 366 g/mol. The molecular formula is C17H32FNO4S. The van der Waals surface area contributed by atoms with Crippen molar-refractivity contribution in [3.63, 3.8) is 0 Å². The summed E-state index contributed by atoms with van der Waals surface area (Å²) < 4.78 is 42.6. The van der Waals surface area contributed by atoms with Gasteiger partial charge < -0.3 is 10.4 Å². The summed E-state index contributed by atoms with van der Waals surface area (Å²) in [5.41, 5.74) is -0.143. The molecule has 0 fully saturated rings. The molecule has 24 heavy (non-hydrogen) atoms. The summed E-state index contributed by atoms with van der Waals surface area (Å²) in [5.74, 6) is -0.706. The Morgan fingerprint density at radius 1 is 1.12 bits per heavy atom. The number of hydrogen-bond donors (Lipinski definition) is 3. The second kappa shape index (κ2) is 12.4. The number of aliphatic hydroxyl groups excluding tert-OH is 1. The highest BCUT2D eigenvalue weighted by atomic mass is 32.2. The Bertz CT molecular complexity index is 530. The van der Waals surface area contributed by atoms with Crippen molar-refractivity contribution in [2.75, 3.05) is 12.3 Å². The van der Waals surface area contributed by atoms with E-state index < -0.39 is 21.8 Å². The summed E-state index contributed by atoms with van der Waals surface area (Å²) in [7, 11) is -3.96. The molecule has 1 unspecified atom stereocenters. The maximum Gasteiger partial charge on any atom is 0.264 e. The van der Waals surface area contributed by atoms with E-state index in [-0.39, 0.29) is 18.0 Å². The lowest BCUT2D eigenvalue weighted by Gasteiger charge is -2.32. The van der Waals surface area contributed by atoms with Gasteiger partial charge in [-0.25, -0.2) is 4.39 Å². The van der Waals surface area contributed by atoms with Gasteiger partial charge >= 0.3 is 0 Å². The van der Waals surface area contributed by atoms with E-state index in [0.717, 1.165) is 0 Å². The molecule has 0 radical (unpaired) electrons. The Morgan fingerprint density at radius 3 is 2.00 bits per heavy atom. The molecule has 1 rings (SSSR count). The lowest BCUT2D eigenvalue weighted by atomic mass is 9.91. The molecule has 0 amide bonds. The monoisotopic (exact) mass is 365 g/mol. The zero-order valence-electron chi connectivity index (χ0n) is 15.5. The molecule has 0 saturated heterocycles. The number of halogens is 1. The van der Waals surface area contributed by atoms with Crippen LogP contribution in [0.2, 0.25) is 0 Å². The van der Waals surface area contributed by atoms with E-state index in [2.05, 4.69) is 5.32 Å². The van der Waals surface area contributed by atoms with Crippen LogP contribution in [0.4, 0.5) is 4.39 Å². The Hall–Kier alpha value is -1.02. The molecule has 1 aromatic carbocycles. The van der Waals surface area contributed by atoms with Gasteiger partial charge in [-0.3, -0.25) is 4.55 Å². The minimum atomic E-state index is -3.96. The summed E-state index contributed by atoms with van der Waals surface area (Å²) in [6.07, 6.45) is -0.632. The number of hydrogen-bond acceptors (Lipinski definition) is 4. The van der Waals surface area contributed by atoms with Gasteiger partial charge in [0.15, 0.2) is 0 Å². The van der Waals surface area contributed by atoms with E-state index in [1.165, 1.54) is 24.3 Å². The van der Waals surface area contributed by atoms with Crippen molar-refractivity contribution < 1.29 is 22.5 Å². The number of rotatable bonds is 7. The van der Waals surface area contributed by atoms with Gasteiger partial charge in [0.05, 0.1) is 11.9 Å². The minimum absolute atomic E-state index is 0.235. The van der Waals surface area contributed by atoms with E-state index in [4.69, 9.17) is 4.55 Å². The van der Waals surface area contributed by atoms with Crippen LogP contribution in [-0.2, 0) is 10.1 Å². The summed E-state index contributed by atoms with van der Waals surface area (Å²) in [5, 5.41) is 13.3. The first-order chi connectivity index (χ1) is 11.1. The maximum absolute atomic E-state index is 12.8. The van der Waals surface area contributed by atoms with Gasteiger partial charge in [-0.1, -0.05) is 39.8 Å². The quantitative estimate of drug-likeness (QED) is 0.508. The fraction of sp³-hybridized carbons (Fsp3) is 0.647. The summed E-state index contributed by atoms with van der Waals surface area (Å²) in [6.45, 7) is 11.8. The Labute approximate surface area is 146 Å². The zero-order valence-corrected chi connectivity index (χ0v) is 16.3. The Kier molecular flexibility index (Phi) is 13.0. The van der Waals surface area contributed by atoms with Crippen molar-refractivity contribution in [3.05, 3.63) is 35.6 Å². The third-order valence-corrected chi connectivity index (χ3v) is 3.83. The predicted molar refractivity (Wildman–Crippen MR) is 97.2 cm³/mol. The van der Waals surface area contributed by atoms with Gasteiger partial charge in [0.1, 0.15) is 5.82 Å². The number of nitrogens with one attached hydrogen (secondary N) is 1. The third kappa shape index (κ3) is 10.7. The second-order valence-corrected chi connectivity index (χ2v) is 6.81. The average Bonchev–Trinajstić information content (AvgIpc) is 2.55. The summed E-state index contributed by atoms with van der Waals surface area (Å²) >= 11 is 0. The van der Waals surface area contributed by atoms with Gasteiger partial charge in [-0.05, 0) is 44.5 Å². The standard InChI is InChI=1S/C13H20FNO4S.2C2H6/c1-13(2,15-8-3-9-20(17,18)19)12(16)10-4-6-11(14)7-5-10;2*1-2/h4-7,12,15-16H,3,8-9H2,1-2H3,(H,17,18,19);2*1-2H3. The molecule has 0 aliphatic rings.